The topological polar surface area (TPSA) is 9.23 Å². The van der Waals surface area contributed by atoms with Gasteiger partial charge in [0.2, 0.25) is 5.82 Å². The molecule has 0 aromatic heterocycles. The molecule has 0 saturated heterocycles. The smallest absolute Gasteiger partial charge is 0.201 e. The second-order valence-electron chi connectivity index (χ2n) is 4.81. The number of hydrogen-bond acceptors (Lipinski definition) is 1. The molecule has 100 valence electrons. The van der Waals surface area contributed by atoms with Crippen LogP contribution >= 0.6 is 0 Å². The first-order chi connectivity index (χ1) is 9.09. The Labute approximate surface area is 111 Å². The Kier molecular flexibility index (Phi) is 4.15. The van der Waals surface area contributed by atoms with E-state index in [4.69, 9.17) is 4.74 Å². The predicted octanol–water partition coefficient (Wildman–Crippen LogP) is 4.67. The molecule has 0 N–H and O–H groups in total. The fourth-order valence-corrected chi connectivity index (χ4v) is 1.74. The Balaban J connectivity index is 2.32. The van der Waals surface area contributed by atoms with E-state index in [1.54, 1.807) is 30.3 Å². The van der Waals surface area contributed by atoms with E-state index in [0.29, 0.717) is 12.2 Å². The second-order valence-corrected chi connectivity index (χ2v) is 4.81. The van der Waals surface area contributed by atoms with Crippen LogP contribution in [0.25, 0.3) is 11.1 Å². The maximum atomic E-state index is 14.0. The van der Waals surface area contributed by atoms with Gasteiger partial charge in [-0.2, -0.15) is 4.39 Å². The highest BCUT2D eigenvalue weighted by atomic mass is 19.2. The SMILES string of the molecule is CC(C)COc1ccc(-c2ccccc2)c(F)c1F. The van der Waals surface area contributed by atoms with Crippen molar-refractivity contribution in [1.82, 2.24) is 0 Å². The summed E-state index contributed by atoms with van der Waals surface area (Å²) in [4.78, 5) is 0. The van der Waals surface area contributed by atoms with Crippen molar-refractivity contribution in [1.29, 1.82) is 0 Å². The van der Waals surface area contributed by atoms with Crippen LogP contribution in [0.5, 0.6) is 5.75 Å². The first kappa shape index (κ1) is 13.5. The summed E-state index contributed by atoms with van der Waals surface area (Å²) in [5.41, 5.74) is 0.893. The van der Waals surface area contributed by atoms with Crippen molar-refractivity contribution in [2.75, 3.05) is 6.61 Å². The van der Waals surface area contributed by atoms with Crippen molar-refractivity contribution < 1.29 is 13.5 Å². The maximum absolute atomic E-state index is 14.0. The third-order valence-electron chi connectivity index (χ3n) is 2.70. The molecule has 1 nitrogen and oxygen atoms in total. The third kappa shape index (κ3) is 3.11. The zero-order valence-electron chi connectivity index (χ0n) is 11.0. The van der Waals surface area contributed by atoms with Crippen molar-refractivity contribution in [3.63, 3.8) is 0 Å². The van der Waals surface area contributed by atoms with E-state index in [-0.39, 0.29) is 17.2 Å². The molecule has 0 heterocycles. The minimum atomic E-state index is -0.929. The van der Waals surface area contributed by atoms with Crippen molar-refractivity contribution in [2.24, 2.45) is 5.92 Å². The van der Waals surface area contributed by atoms with Gasteiger partial charge in [0.1, 0.15) is 0 Å². The molecular formula is C16H16F2O. The van der Waals surface area contributed by atoms with Gasteiger partial charge in [0, 0.05) is 5.56 Å². The largest absolute Gasteiger partial charge is 0.490 e. The van der Waals surface area contributed by atoms with Crippen LogP contribution in [-0.4, -0.2) is 6.61 Å². The van der Waals surface area contributed by atoms with Gasteiger partial charge in [-0.15, -0.1) is 0 Å². The molecule has 0 unspecified atom stereocenters. The van der Waals surface area contributed by atoms with Crippen LogP contribution in [0, 0.1) is 17.6 Å². The van der Waals surface area contributed by atoms with Crippen LogP contribution < -0.4 is 4.74 Å². The molecule has 0 aliphatic rings. The molecule has 0 bridgehead atoms. The van der Waals surface area contributed by atoms with Crippen molar-refractivity contribution in [3.8, 4) is 16.9 Å². The van der Waals surface area contributed by atoms with Gasteiger partial charge >= 0.3 is 0 Å². The third-order valence-corrected chi connectivity index (χ3v) is 2.70. The first-order valence-corrected chi connectivity index (χ1v) is 6.26. The zero-order valence-corrected chi connectivity index (χ0v) is 11.0. The van der Waals surface area contributed by atoms with E-state index >= 15 is 0 Å². The Morgan fingerprint density at radius 2 is 1.63 bits per heavy atom. The summed E-state index contributed by atoms with van der Waals surface area (Å²) in [7, 11) is 0. The predicted molar refractivity (Wildman–Crippen MR) is 72.1 cm³/mol. The Morgan fingerprint density at radius 3 is 2.26 bits per heavy atom. The monoisotopic (exact) mass is 262 g/mol. The highest BCUT2D eigenvalue weighted by Crippen LogP contribution is 2.29. The molecular weight excluding hydrogens is 246 g/mol. The fraction of sp³-hybridized carbons (Fsp3) is 0.250. The lowest BCUT2D eigenvalue weighted by Crippen LogP contribution is -2.06. The average molecular weight is 262 g/mol. The van der Waals surface area contributed by atoms with Crippen molar-refractivity contribution >= 4 is 0 Å². The molecule has 0 aliphatic heterocycles. The summed E-state index contributed by atoms with van der Waals surface area (Å²) in [6.07, 6.45) is 0. The first-order valence-electron chi connectivity index (χ1n) is 6.26. The lowest BCUT2D eigenvalue weighted by atomic mass is 10.0. The average Bonchev–Trinajstić information content (AvgIpc) is 2.41. The zero-order chi connectivity index (χ0) is 13.8. The standard InChI is InChI=1S/C16H16F2O/c1-11(2)10-19-14-9-8-13(15(17)16(14)18)12-6-4-3-5-7-12/h3-9,11H,10H2,1-2H3. The van der Waals surface area contributed by atoms with Crippen LogP contribution in [0.15, 0.2) is 42.5 Å². The minimum absolute atomic E-state index is 0.0362. The number of ether oxygens (including phenoxy) is 1. The van der Waals surface area contributed by atoms with Crippen molar-refractivity contribution in [2.45, 2.75) is 13.8 Å². The Bertz CT molecular complexity index is 550. The molecule has 0 fully saturated rings. The number of hydrogen-bond donors (Lipinski definition) is 0. The highest BCUT2D eigenvalue weighted by Gasteiger charge is 2.15. The Morgan fingerprint density at radius 1 is 0.947 bits per heavy atom. The van der Waals surface area contributed by atoms with Gasteiger partial charge in [-0.05, 0) is 23.6 Å². The van der Waals surface area contributed by atoms with Gasteiger partial charge in [0.15, 0.2) is 11.6 Å². The summed E-state index contributed by atoms with van der Waals surface area (Å²) in [5.74, 6) is -1.57. The Hall–Kier alpha value is -1.90. The summed E-state index contributed by atoms with van der Waals surface area (Å²) in [5, 5.41) is 0. The molecule has 2 aromatic carbocycles. The second kappa shape index (κ2) is 5.83. The summed E-state index contributed by atoms with van der Waals surface area (Å²) in [6.45, 7) is 4.26. The lowest BCUT2D eigenvalue weighted by Gasteiger charge is -2.11. The minimum Gasteiger partial charge on any atom is -0.490 e. The summed E-state index contributed by atoms with van der Waals surface area (Å²) >= 11 is 0. The van der Waals surface area contributed by atoms with E-state index in [1.807, 2.05) is 19.9 Å². The molecule has 0 radical (unpaired) electrons. The van der Waals surface area contributed by atoms with Crippen LogP contribution in [0.1, 0.15) is 13.8 Å². The van der Waals surface area contributed by atoms with Crippen LogP contribution in [-0.2, 0) is 0 Å². The van der Waals surface area contributed by atoms with Crippen molar-refractivity contribution in [3.05, 3.63) is 54.1 Å². The van der Waals surface area contributed by atoms with Crippen LogP contribution in [0.3, 0.4) is 0 Å². The molecule has 0 saturated carbocycles. The number of halogens is 2. The molecule has 2 aromatic rings. The molecule has 0 atom stereocenters. The maximum Gasteiger partial charge on any atom is 0.201 e. The molecule has 0 spiro atoms. The van der Waals surface area contributed by atoms with Gasteiger partial charge < -0.3 is 4.74 Å². The fourth-order valence-electron chi connectivity index (χ4n) is 1.74. The summed E-state index contributed by atoms with van der Waals surface area (Å²) < 4.78 is 33.2. The highest BCUT2D eigenvalue weighted by molar-refractivity contribution is 5.65. The van der Waals surface area contributed by atoms with E-state index in [1.165, 1.54) is 6.07 Å². The number of rotatable bonds is 4. The summed E-state index contributed by atoms with van der Waals surface area (Å²) in [6, 6.07) is 11.9. The van der Waals surface area contributed by atoms with Gasteiger partial charge in [-0.1, -0.05) is 44.2 Å². The van der Waals surface area contributed by atoms with Gasteiger partial charge in [0.25, 0.3) is 0 Å². The number of benzene rings is 2. The lowest BCUT2D eigenvalue weighted by molar-refractivity contribution is 0.255. The normalized spacial score (nSPS) is 10.8. The van der Waals surface area contributed by atoms with Crippen LogP contribution in [0.2, 0.25) is 0 Å². The van der Waals surface area contributed by atoms with Gasteiger partial charge in [-0.25, -0.2) is 4.39 Å². The van der Waals surface area contributed by atoms with E-state index in [0.717, 1.165) is 0 Å². The molecule has 0 amide bonds. The molecule has 3 heteroatoms. The van der Waals surface area contributed by atoms with E-state index in [9.17, 15) is 8.78 Å². The molecule has 2 rings (SSSR count). The quantitative estimate of drug-likeness (QED) is 0.778. The van der Waals surface area contributed by atoms with Crippen LogP contribution in [0.4, 0.5) is 8.78 Å². The van der Waals surface area contributed by atoms with E-state index in [2.05, 4.69) is 0 Å². The molecule has 19 heavy (non-hydrogen) atoms. The van der Waals surface area contributed by atoms with Gasteiger partial charge in [0.05, 0.1) is 6.61 Å². The molecule has 0 aliphatic carbocycles. The van der Waals surface area contributed by atoms with E-state index < -0.39 is 11.6 Å². The van der Waals surface area contributed by atoms with Gasteiger partial charge in [-0.3, -0.25) is 0 Å².